The second kappa shape index (κ2) is 31.8. The first-order valence-corrected chi connectivity index (χ1v) is 42.4. The Balaban J connectivity index is 0.000000231. The molecule has 2 heterocycles. The number of nitrogens with one attached hydrogen (secondary N) is 6. The molecule has 4 aromatic carbocycles. The summed E-state index contributed by atoms with van der Waals surface area (Å²) in [6.07, 6.45) is 9.40. The number of alkyl carbamates (subject to hydrolysis) is 2. The molecular weight excluding hydrogens is 1450 g/mol. The highest BCUT2D eigenvalue weighted by Gasteiger charge is 2.65. The standard InChI is InChI=1S/C42H56N4O7S2.C40H52N4O7S2/c1-8-30-24-42(30,37(49)45-55(51,52)32-20-21-32)44-35(47)33-25-41(54-27(2)3,31-18-16-29(17-19-31)28-14-10-9-11-15-28)26-46(33)36(48)34(39(4,5)6)43-38(50)53-40(7)22-12-13-23-40;1-9-22-52-39(29-18-16-27(17-19-29)26-14-12-11-13-15-26)24-31(44(25-39)34(46)32(37(3,4)5)41-36(48)51-38(6,7)8)33(45)42-40(23-28(40)10-2)35(47)43-53(49,50)30-20-21-30/h8-11,14-19,27,30,32-34H,1,12-13,20-26H2,2-7H3,(H,43,50)(H,44,47)(H,45,49);9-19,28,30-32H,1-2,20-25H2,3-8H3,(H,41,48)(H,42,45)(H,43,47)/t30-,33+,34-,41+,42-;28-,31+,32-,39+,40-/m11/s1. The summed E-state index contributed by atoms with van der Waals surface area (Å²) in [6, 6.07) is 31.9. The van der Waals surface area contributed by atoms with E-state index >= 15 is 4.79 Å². The third-order valence-electron chi connectivity index (χ3n) is 21.4. The molecule has 7 aliphatic rings. The van der Waals surface area contributed by atoms with Crippen molar-refractivity contribution in [2.75, 3.05) is 18.8 Å². The van der Waals surface area contributed by atoms with E-state index in [0.717, 1.165) is 59.1 Å². The molecule has 5 saturated carbocycles. The van der Waals surface area contributed by atoms with E-state index in [9.17, 15) is 50.4 Å². The van der Waals surface area contributed by atoms with Gasteiger partial charge in [-0.25, -0.2) is 26.4 Å². The summed E-state index contributed by atoms with van der Waals surface area (Å²) >= 11 is 3.22. The molecule has 8 amide bonds. The molecule has 0 bridgehead atoms. The number of thioether (sulfide) groups is 2. The molecule has 2 aliphatic heterocycles. The number of sulfonamides is 2. The zero-order valence-electron chi connectivity index (χ0n) is 64.3. The lowest BCUT2D eigenvalue weighted by atomic mass is 9.85. The highest BCUT2D eigenvalue weighted by Crippen LogP contribution is 2.53. The molecule has 0 spiro atoms. The molecule has 108 heavy (non-hydrogen) atoms. The Kier molecular flexibility index (Phi) is 24.3. The van der Waals surface area contributed by atoms with Gasteiger partial charge in [-0.05, 0) is 154 Å². The van der Waals surface area contributed by atoms with Crippen LogP contribution in [-0.2, 0) is 67.8 Å². The summed E-state index contributed by atoms with van der Waals surface area (Å²) in [6.45, 7) is 34.1. The van der Waals surface area contributed by atoms with Crippen LogP contribution < -0.4 is 30.7 Å². The van der Waals surface area contributed by atoms with Crippen molar-refractivity contribution in [2.45, 2.75) is 232 Å². The van der Waals surface area contributed by atoms with Gasteiger partial charge in [0, 0.05) is 30.7 Å². The third kappa shape index (κ3) is 18.9. The fraction of sp³-hybridized carbons (Fsp3) is 0.537. The maximum atomic E-state index is 15.0. The fourth-order valence-electron chi connectivity index (χ4n) is 15.0. The number of nitrogens with zero attached hydrogens (tertiary/aromatic N) is 2. The number of rotatable bonds is 26. The fourth-order valence-corrected chi connectivity index (χ4v) is 20.6. The summed E-state index contributed by atoms with van der Waals surface area (Å²) in [5.74, 6) is -4.21. The van der Waals surface area contributed by atoms with E-state index in [1.807, 2.05) is 158 Å². The van der Waals surface area contributed by atoms with Crippen LogP contribution in [0.1, 0.15) is 171 Å². The lowest BCUT2D eigenvalue weighted by Gasteiger charge is -2.37. The number of carbonyl (C=O) groups excluding carboxylic acids is 8. The summed E-state index contributed by atoms with van der Waals surface area (Å²) in [5, 5.41) is 10.3. The molecule has 4 aromatic rings. The van der Waals surface area contributed by atoms with Crippen molar-refractivity contribution in [2.24, 2.45) is 22.7 Å². The minimum atomic E-state index is -3.90. The Morgan fingerprint density at radius 1 is 0.546 bits per heavy atom. The molecule has 0 unspecified atom stereocenters. The zero-order valence-corrected chi connectivity index (χ0v) is 67.6. The Labute approximate surface area is 646 Å². The van der Waals surface area contributed by atoms with Gasteiger partial charge in [0.25, 0.3) is 11.8 Å². The van der Waals surface area contributed by atoms with Crippen molar-refractivity contribution in [3.63, 3.8) is 0 Å². The molecule has 22 nitrogen and oxygen atoms in total. The minimum absolute atomic E-state index is 0.101. The molecule has 0 aromatic heterocycles. The molecule has 0 radical (unpaired) electrons. The molecule has 2 saturated heterocycles. The molecule has 26 heteroatoms. The topological polar surface area (TPSA) is 302 Å². The van der Waals surface area contributed by atoms with E-state index in [1.54, 1.807) is 61.3 Å². The van der Waals surface area contributed by atoms with Crippen LogP contribution in [0, 0.1) is 22.7 Å². The maximum Gasteiger partial charge on any atom is 0.408 e. The predicted octanol–water partition coefficient (Wildman–Crippen LogP) is 12.1. The van der Waals surface area contributed by atoms with E-state index in [0.29, 0.717) is 31.4 Å². The third-order valence-corrected chi connectivity index (χ3v) is 28.0. The first-order valence-electron chi connectivity index (χ1n) is 37.4. The predicted molar refractivity (Wildman–Crippen MR) is 424 cm³/mol. The van der Waals surface area contributed by atoms with Gasteiger partial charge in [-0.2, -0.15) is 0 Å². The van der Waals surface area contributed by atoms with Crippen LogP contribution in [0.4, 0.5) is 9.59 Å². The van der Waals surface area contributed by atoms with Crippen molar-refractivity contribution in [3.05, 3.63) is 158 Å². The van der Waals surface area contributed by atoms with Gasteiger partial charge in [0.1, 0.15) is 46.4 Å². The van der Waals surface area contributed by atoms with E-state index in [4.69, 9.17) is 9.47 Å². The molecule has 11 rings (SSSR count). The summed E-state index contributed by atoms with van der Waals surface area (Å²) in [7, 11) is -7.78. The van der Waals surface area contributed by atoms with Crippen molar-refractivity contribution in [3.8, 4) is 22.3 Å². The van der Waals surface area contributed by atoms with Crippen LogP contribution in [0.2, 0.25) is 0 Å². The highest BCUT2D eigenvalue weighted by atomic mass is 32.2. The molecule has 7 fully saturated rings. The Morgan fingerprint density at radius 2 is 0.926 bits per heavy atom. The Morgan fingerprint density at radius 3 is 1.29 bits per heavy atom. The van der Waals surface area contributed by atoms with Crippen LogP contribution in [-0.4, -0.2) is 155 Å². The first-order chi connectivity index (χ1) is 50.6. The van der Waals surface area contributed by atoms with E-state index in [1.165, 1.54) is 11.0 Å². The van der Waals surface area contributed by atoms with Gasteiger partial charge in [-0.1, -0.05) is 183 Å². The van der Waals surface area contributed by atoms with Gasteiger partial charge in [-0.3, -0.25) is 38.2 Å². The van der Waals surface area contributed by atoms with Crippen LogP contribution in [0.3, 0.4) is 0 Å². The normalized spacial score (nSPS) is 25.7. The number of hydrogen-bond donors (Lipinski definition) is 6. The number of hydrogen-bond acceptors (Lipinski definition) is 16. The second-order valence-electron chi connectivity index (χ2n) is 33.8. The van der Waals surface area contributed by atoms with Crippen molar-refractivity contribution in [1.82, 2.24) is 40.5 Å². The van der Waals surface area contributed by atoms with Crippen LogP contribution >= 0.6 is 23.5 Å². The van der Waals surface area contributed by atoms with Crippen LogP contribution in [0.15, 0.2) is 147 Å². The summed E-state index contributed by atoms with van der Waals surface area (Å²) in [5.41, 5.74) is -0.0993. The summed E-state index contributed by atoms with van der Waals surface area (Å²) in [4.78, 5) is 116. The lowest BCUT2D eigenvalue weighted by Crippen LogP contribution is -2.60. The molecular formula is C82H108N8O14S4. The second-order valence-corrected chi connectivity index (χ2v) is 41.1. The number of likely N-dealkylation sites (tertiary alicyclic amines) is 2. The smallest absolute Gasteiger partial charge is 0.408 e. The SMILES string of the molecule is C=CCS[C@@]1(c2ccc(-c3ccccc3)cc2)C[C@@H](C(=O)N[C@]2(C(=O)NS(=O)(=O)C3CC3)C[C@H]2C=C)N(C(=O)[C@@H](NC(=O)OC(C)(C)C)C(C)(C)C)C1.C=C[C@@H]1C[C@]1(NC(=O)[C@@H]1C[C@@](SC(C)C)(c2ccc(-c3ccccc3)cc2)CN1C(=O)[C@@H](NC(=O)OC1(C)CCCC1)C(C)(C)C)C(=O)NS(=O)(=O)C1CC1. The molecule has 10 atom stereocenters. The quantitative estimate of drug-likeness (QED) is 0.0318. The number of benzene rings is 4. The van der Waals surface area contributed by atoms with Crippen LogP contribution in [0.25, 0.3) is 22.3 Å². The average molecular weight is 1560 g/mol. The highest BCUT2D eigenvalue weighted by molar-refractivity contribution is 8.01. The van der Waals surface area contributed by atoms with Crippen molar-refractivity contribution >= 4 is 91.2 Å². The molecule has 6 N–H and O–H groups in total. The number of ether oxygens (including phenoxy) is 2. The molecule has 584 valence electrons. The Hall–Kier alpha value is -7.94. The summed E-state index contributed by atoms with van der Waals surface area (Å²) < 4.78 is 65.5. The number of carbonyl (C=O) groups is 8. The first kappa shape index (κ1) is 82.6. The minimum Gasteiger partial charge on any atom is -0.444 e. The van der Waals surface area contributed by atoms with Gasteiger partial charge in [0.05, 0.1) is 20.0 Å². The van der Waals surface area contributed by atoms with Crippen molar-refractivity contribution < 1.29 is 64.7 Å². The van der Waals surface area contributed by atoms with E-state index in [2.05, 4.69) is 64.3 Å². The van der Waals surface area contributed by atoms with Gasteiger partial charge in [0.2, 0.25) is 43.7 Å². The van der Waals surface area contributed by atoms with E-state index < -0.39 is 157 Å². The van der Waals surface area contributed by atoms with E-state index in [-0.39, 0.29) is 44.0 Å². The van der Waals surface area contributed by atoms with Gasteiger partial charge in [0.15, 0.2) is 0 Å². The monoisotopic (exact) mass is 1560 g/mol. The zero-order chi connectivity index (χ0) is 79.0. The molecule has 5 aliphatic carbocycles. The largest absolute Gasteiger partial charge is 0.444 e. The lowest BCUT2D eigenvalue weighted by molar-refractivity contribution is -0.143. The number of amides is 8. The van der Waals surface area contributed by atoms with Gasteiger partial charge >= 0.3 is 12.2 Å². The van der Waals surface area contributed by atoms with Gasteiger partial charge in [-0.15, -0.1) is 43.3 Å². The Bertz CT molecular complexity index is 4300. The van der Waals surface area contributed by atoms with Crippen molar-refractivity contribution in [1.29, 1.82) is 0 Å². The van der Waals surface area contributed by atoms with Gasteiger partial charge < -0.3 is 40.5 Å². The van der Waals surface area contributed by atoms with Crippen LogP contribution in [0.5, 0.6) is 0 Å². The average Bonchev–Trinajstić information content (AvgIpc) is 1.58. The maximum absolute atomic E-state index is 15.0.